The number of ether oxygens (including phenoxy) is 1. The standard InChI is InChI=1S/C28H31N5O2/c1-18-15-22(35-27-31-24-17-30-14-12-23(24)26(34)32-27)9-10-25(18)33(21-11-13-29-16-21)20-7-5-19(6-8-20)28(2,3)4/h5-10,12,14-15,17,21,29H,11,13,16H2,1-4H3,(H,31,32,34). The second-order valence-electron chi connectivity index (χ2n) is 10.1. The summed E-state index contributed by atoms with van der Waals surface area (Å²) >= 11 is 0. The lowest BCUT2D eigenvalue weighted by atomic mass is 9.87. The van der Waals surface area contributed by atoms with Crippen molar-refractivity contribution in [1.29, 1.82) is 0 Å². The molecule has 7 heteroatoms. The van der Waals surface area contributed by atoms with Crippen molar-refractivity contribution in [1.82, 2.24) is 20.3 Å². The number of aryl methyl sites for hydroxylation is 1. The molecule has 4 aromatic rings. The highest BCUT2D eigenvalue weighted by Crippen LogP contribution is 2.36. The maximum absolute atomic E-state index is 10.2. The van der Waals surface area contributed by atoms with Gasteiger partial charge in [-0.15, -0.1) is 0 Å². The first-order valence-electron chi connectivity index (χ1n) is 12.0. The van der Waals surface area contributed by atoms with Gasteiger partial charge in [0.05, 0.1) is 17.1 Å². The number of fused-ring (bicyclic) bond motifs is 1. The molecule has 180 valence electrons. The van der Waals surface area contributed by atoms with Crippen LogP contribution >= 0.6 is 0 Å². The maximum atomic E-state index is 10.2. The molecule has 0 spiro atoms. The van der Waals surface area contributed by atoms with Gasteiger partial charge in [0.2, 0.25) is 5.88 Å². The first-order chi connectivity index (χ1) is 16.8. The number of rotatable bonds is 5. The van der Waals surface area contributed by atoms with Crippen LogP contribution in [0.4, 0.5) is 11.4 Å². The molecule has 1 unspecified atom stereocenters. The van der Waals surface area contributed by atoms with E-state index in [1.165, 1.54) is 11.3 Å². The van der Waals surface area contributed by atoms with E-state index in [0.29, 0.717) is 22.7 Å². The number of aromatic hydroxyl groups is 1. The van der Waals surface area contributed by atoms with Crippen LogP contribution in [-0.2, 0) is 5.41 Å². The van der Waals surface area contributed by atoms with E-state index in [2.05, 4.69) is 83.2 Å². The summed E-state index contributed by atoms with van der Waals surface area (Å²) in [7, 11) is 0. The minimum absolute atomic E-state index is 0.0877. The van der Waals surface area contributed by atoms with Gasteiger partial charge in [0, 0.05) is 30.2 Å². The smallest absolute Gasteiger partial charge is 0.325 e. The molecule has 0 aliphatic carbocycles. The molecule has 35 heavy (non-hydrogen) atoms. The molecule has 5 rings (SSSR count). The summed E-state index contributed by atoms with van der Waals surface area (Å²) in [5, 5.41) is 14.3. The van der Waals surface area contributed by atoms with E-state index >= 15 is 0 Å². The van der Waals surface area contributed by atoms with Crippen LogP contribution in [0, 0.1) is 6.92 Å². The van der Waals surface area contributed by atoms with Gasteiger partial charge in [-0.25, -0.2) is 0 Å². The molecule has 0 bridgehead atoms. The molecule has 1 aliphatic heterocycles. The Labute approximate surface area is 205 Å². The summed E-state index contributed by atoms with van der Waals surface area (Å²) in [6.45, 7) is 10.7. The van der Waals surface area contributed by atoms with Gasteiger partial charge in [-0.05, 0) is 72.8 Å². The van der Waals surface area contributed by atoms with E-state index < -0.39 is 0 Å². The van der Waals surface area contributed by atoms with Crippen molar-refractivity contribution in [2.45, 2.75) is 45.6 Å². The highest BCUT2D eigenvalue weighted by molar-refractivity contribution is 5.82. The molecule has 3 heterocycles. The summed E-state index contributed by atoms with van der Waals surface area (Å²) in [4.78, 5) is 15.0. The Kier molecular flexibility index (Phi) is 6.03. The summed E-state index contributed by atoms with van der Waals surface area (Å²) in [5.41, 5.74) is 5.37. The van der Waals surface area contributed by atoms with Crippen LogP contribution in [0.1, 0.15) is 38.3 Å². The maximum Gasteiger partial charge on any atom is 0.325 e. The van der Waals surface area contributed by atoms with E-state index in [4.69, 9.17) is 4.74 Å². The van der Waals surface area contributed by atoms with Crippen LogP contribution < -0.4 is 15.0 Å². The first-order valence-corrected chi connectivity index (χ1v) is 12.0. The van der Waals surface area contributed by atoms with Gasteiger partial charge in [-0.1, -0.05) is 32.9 Å². The minimum atomic E-state index is -0.126. The third-order valence-electron chi connectivity index (χ3n) is 6.51. The predicted molar refractivity (Wildman–Crippen MR) is 139 cm³/mol. The van der Waals surface area contributed by atoms with Crippen LogP contribution in [0.15, 0.2) is 60.9 Å². The topological polar surface area (TPSA) is 83.4 Å². The van der Waals surface area contributed by atoms with Crippen molar-refractivity contribution in [3.8, 4) is 17.6 Å². The lowest BCUT2D eigenvalue weighted by Crippen LogP contribution is -2.33. The Balaban J connectivity index is 1.46. The molecule has 1 fully saturated rings. The van der Waals surface area contributed by atoms with Gasteiger partial charge < -0.3 is 20.1 Å². The Morgan fingerprint density at radius 3 is 2.54 bits per heavy atom. The third kappa shape index (κ3) is 4.77. The monoisotopic (exact) mass is 469 g/mol. The van der Waals surface area contributed by atoms with Gasteiger partial charge >= 0.3 is 6.01 Å². The number of hydrogen-bond acceptors (Lipinski definition) is 7. The van der Waals surface area contributed by atoms with Crippen LogP contribution in [0.2, 0.25) is 0 Å². The molecule has 2 aromatic carbocycles. The number of aromatic nitrogens is 3. The van der Waals surface area contributed by atoms with E-state index in [0.717, 1.165) is 30.8 Å². The molecule has 2 aromatic heterocycles. The molecule has 7 nitrogen and oxygen atoms in total. The summed E-state index contributed by atoms with van der Waals surface area (Å²) in [5.74, 6) is 0.487. The predicted octanol–water partition coefficient (Wildman–Crippen LogP) is 5.63. The van der Waals surface area contributed by atoms with Crippen molar-refractivity contribution >= 4 is 22.3 Å². The number of benzene rings is 2. The first kappa shape index (κ1) is 23.1. The highest BCUT2D eigenvalue weighted by atomic mass is 16.5. The van der Waals surface area contributed by atoms with Crippen molar-refractivity contribution in [2.24, 2.45) is 0 Å². The molecule has 2 N–H and O–H groups in total. The van der Waals surface area contributed by atoms with Crippen molar-refractivity contribution in [3.63, 3.8) is 0 Å². The molecule has 0 radical (unpaired) electrons. The van der Waals surface area contributed by atoms with Crippen molar-refractivity contribution in [2.75, 3.05) is 18.0 Å². The second kappa shape index (κ2) is 9.15. The number of pyridine rings is 1. The fraction of sp³-hybridized carbons (Fsp3) is 0.321. The quantitative estimate of drug-likeness (QED) is 0.392. The second-order valence-corrected chi connectivity index (χ2v) is 10.1. The lowest BCUT2D eigenvalue weighted by Gasteiger charge is -2.33. The van der Waals surface area contributed by atoms with Gasteiger partial charge in [0.1, 0.15) is 5.75 Å². The van der Waals surface area contributed by atoms with Crippen LogP contribution in [0.3, 0.4) is 0 Å². The van der Waals surface area contributed by atoms with E-state index in [9.17, 15) is 5.11 Å². The fourth-order valence-electron chi connectivity index (χ4n) is 4.58. The largest absolute Gasteiger partial charge is 0.493 e. The number of anilines is 2. The number of nitrogens with zero attached hydrogens (tertiary/aromatic N) is 4. The number of hydrogen-bond donors (Lipinski definition) is 2. The van der Waals surface area contributed by atoms with Crippen LogP contribution in [0.5, 0.6) is 17.6 Å². The molecule has 1 aliphatic rings. The van der Waals surface area contributed by atoms with E-state index in [-0.39, 0.29) is 17.3 Å². The normalized spacial score (nSPS) is 15.9. The Bertz CT molecular complexity index is 1340. The van der Waals surface area contributed by atoms with Crippen molar-refractivity contribution < 1.29 is 9.84 Å². The number of nitrogens with one attached hydrogen (secondary N) is 1. The Morgan fingerprint density at radius 1 is 1.06 bits per heavy atom. The SMILES string of the molecule is Cc1cc(Oc2nc(O)c3ccncc3n2)ccc1N(c1ccc(C(C)(C)C)cc1)C1CCNC1. The summed E-state index contributed by atoms with van der Waals surface area (Å²) < 4.78 is 5.93. The third-order valence-corrected chi connectivity index (χ3v) is 6.51. The van der Waals surface area contributed by atoms with E-state index in [1.54, 1.807) is 18.5 Å². The van der Waals surface area contributed by atoms with E-state index in [1.807, 2.05) is 12.1 Å². The average molecular weight is 470 g/mol. The van der Waals surface area contributed by atoms with Crippen molar-refractivity contribution in [3.05, 3.63) is 72.1 Å². The molecule has 1 atom stereocenters. The molecule has 0 saturated carbocycles. The van der Waals surface area contributed by atoms with Gasteiger partial charge in [0.25, 0.3) is 0 Å². The zero-order valence-corrected chi connectivity index (χ0v) is 20.6. The van der Waals surface area contributed by atoms with Crippen LogP contribution in [0.25, 0.3) is 10.9 Å². The molecular formula is C28H31N5O2. The zero-order valence-electron chi connectivity index (χ0n) is 20.6. The van der Waals surface area contributed by atoms with Crippen LogP contribution in [-0.4, -0.2) is 39.2 Å². The highest BCUT2D eigenvalue weighted by Gasteiger charge is 2.26. The Hall–Kier alpha value is -3.71. The van der Waals surface area contributed by atoms with Gasteiger partial charge in [0.15, 0.2) is 0 Å². The minimum Gasteiger partial charge on any atom is -0.493 e. The Morgan fingerprint density at radius 2 is 1.86 bits per heavy atom. The average Bonchev–Trinajstić information content (AvgIpc) is 3.35. The fourth-order valence-corrected chi connectivity index (χ4v) is 4.58. The molecular weight excluding hydrogens is 438 g/mol. The zero-order chi connectivity index (χ0) is 24.6. The molecule has 1 saturated heterocycles. The van der Waals surface area contributed by atoms with Gasteiger partial charge in [-0.2, -0.15) is 9.97 Å². The lowest BCUT2D eigenvalue weighted by molar-refractivity contribution is 0.412. The molecule has 0 amide bonds. The summed E-state index contributed by atoms with van der Waals surface area (Å²) in [6, 6.07) is 17.0. The summed E-state index contributed by atoms with van der Waals surface area (Å²) in [6.07, 6.45) is 4.25. The van der Waals surface area contributed by atoms with Gasteiger partial charge in [-0.3, -0.25) is 4.98 Å².